The third-order valence-electron chi connectivity index (χ3n) is 3.30. The Labute approximate surface area is 129 Å². The SMILES string of the molecule is Cn1cc(Cl)cc1C(=O)N1CCC[C@H]1C(=O)N=S(C)(C)=O. The lowest BCUT2D eigenvalue weighted by Crippen LogP contribution is -2.40. The van der Waals surface area contributed by atoms with Crippen molar-refractivity contribution in [2.24, 2.45) is 11.4 Å². The minimum Gasteiger partial charge on any atom is -0.345 e. The average Bonchev–Trinajstić information content (AvgIpc) is 2.92. The normalized spacial score (nSPS) is 18.9. The molecule has 1 aromatic rings. The summed E-state index contributed by atoms with van der Waals surface area (Å²) in [6, 6.07) is 0.941. The third kappa shape index (κ3) is 3.65. The molecule has 0 bridgehead atoms. The Morgan fingerprint density at radius 3 is 2.62 bits per heavy atom. The minimum absolute atomic E-state index is 0.255. The Morgan fingerprint density at radius 1 is 1.43 bits per heavy atom. The van der Waals surface area contributed by atoms with E-state index in [2.05, 4.69) is 4.36 Å². The fourth-order valence-electron chi connectivity index (χ4n) is 2.43. The van der Waals surface area contributed by atoms with Crippen LogP contribution in [0.4, 0.5) is 0 Å². The van der Waals surface area contributed by atoms with Crippen LogP contribution in [0, 0.1) is 0 Å². The van der Waals surface area contributed by atoms with Gasteiger partial charge in [-0.1, -0.05) is 11.6 Å². The summed E-state index contributed by atoms with van der Waals surface area (Å²) in [5.41, 5.74) is 0.424. The van der Waals surface area contributed by atoms with Gasteiger partial charge in [-0.2, -0.15) is 4.36 Å². The van der Waals surface area contributed by atoms with Crippen molar-refractivity contribution < 1.29 is 13.8 Å². The van der Waals surface area contributed by atoms with Crippen LogP contribution in [0.15, 0.2) is 16.6 Å². The maximum Gasteiger partial charge on any atom is 0.276 e. The van der Waals surface area contributed by atoms with Gasteiger partial charge in [0.1, 0.15) is 11.7 Å². The zero-order valence-corrected chi connectivity index (χ0v) is 13.8. The summed E-state index contributed by atoms with van der Waals surface area (Å²) >= 11 is 5.89. The molecule has 1 aliphatic heterocycles. The van der Waals surface area contributed by atoms with Crippen LogP contribution in [0.25, 0.3) is 0 Å². The second kappa shape index (κ2) is 5.81. The maximum atomic E-state index is 12.5. The second-order valence-electron chi connectivity index (χ2n) is 5.42. The van der Waals surface area contributed by atoms with E-state index in [-0.39, 0.29) is 5.91 Å². The number of likely N-dealkylation sites (tertiary alicyclic amines) is 1. The molecule has 0 unspecified atom stereocenters. The lowest BCUT2D eigenvalue weighted by molar-refractivity contribution is -0.121. The molecule has 21 heavy (non-hydrogen) atoms. The number of rotatable bonds is 2. The Morgan fingerprint density at radius 2 is 2.10 bits per heavy atom. The van der Waals surface area contributed by atoms with E-state index in [4.69, 9.17) is 11.6 Å². The summed E-state index contributed by atoms with van der Waals surface area (Å²) in [6.07, 6.45) is 5.72. The van der Waals surface area contributed by atoms with E-state index in [1.165, 1.54) is 17.4 Å². The summed E-state index contributed by atoms with van der Waals surface area (Å²) in [6.45, 7) is 0.488. The molecule has 2 amide bonds. The molecule has 2 heterocycles. The Balaban J connectivity index is 2.27. The van der Waals surface area contributed by atoms with Crippen molar-refractivity contribution >= 4 is 33.1 Å². The molecular weight excluding hydrogens is 314 g/mol. The van der Waals surface area contributed by atoms with E-state index in [9.17, 15) is 13.8 Å². The standard InChI is InChI=1S/C13H18ClN3O3S/c1-16-8-9(14)7-11(16)13(19)17-6-4-5-10(17)12(18)15-21(2,3)20/h7-8,10H,4-6H2,1-3H3/t10-/m0/s1. The highest BCUT2D eigenvalue weighted by atomic mass is 35.5. The molecule has 0 radical (unpaired) electrons. The molecule has 0 saturated carbocycles. The van der Waals surface area contributed by atoms with Gasteiger partial charge in [0.25, 0.3) is 11.8 Å². The van der Waals surface area contributed by atoms with Gasteiger partial charge in [0.15, 0.2) is 0 Å². The van der Waals surface area contributed by atoms with E-state index < -0.39 is 21.7 Å². The molecule has 116 valence electrons. The van der Waals surface area contributed by atoms with Crippen LogP contribution in [0.2, 0.25) is 5.02 Å². The number of hydrogen-bond donors (Lipinski definition) is 0. The number of carbonyl (C=O) groups is 2. The molecule has 1 atom stereocenters. The van der Waals surface area contributed by atoms with E-state index >= 15 is 0 Å². The Bertz CT molecular complexity index is 696. The first-order valence-electron chi connectivity index (χ1n) is 6.53. The van der Waals surface area contributed by atoms with Gasteiger partial charge < -0.3 is 9.47 Å². The predicted octanol–water partition coefficient (Wildman–Crippen LogP) is 1.54. The zero-order valence-electron chi connectivity index (χ0n) is 12.2. The number of halogens is 1. The Hall–Kier alpha value is -1.34. The van der Waals surface area contributed by atoms with Crippen molar-refractivity contribution in [3.05, 3.63) is 23.0 Å². The lowest BCUT2D eigenvalue weighted by Gasteiger charge is -2.22. The number of hydrogen-bond acceptors (Lipinski definition) is 3. The van der Waals surface area contributed by atoms with Crippen LogP contribution in [0.5, 0.6) is 0 Å². The van der Waals surface area contributed by atoms with Crippen molar-refractivity contribution in [3.63, 3.8) is 0 Å². The monoisotopic (exact) mass is 331 g/mol. The summed E-state index contributed by atoms with van der Waals surface area (Å²) in [5, 5.41) is 0.470. The second-order valence-corrected chi connectivity index (χ2v) is 8.40. The van der Waals surface area contributed by atoms with Crippen molar-refractivity contribution in [1.29, 1.82) is 0 Å². The highest BCUT2D eigenvalue weighted by Crippen LogP contribution is 2.23. The fourth-order valence-corrected chi connectivity index (χ4v) is 3.23. The number of aryl methyl sites for hydroxylation is 1. The van der Waals surface area contributed by atoms with Gasteiger partial charge in [-0.25, -0.2) is 4.21 Å². The smallest absolute Gasteiger partial charge is 0.276 e. The van der Waals surface area contributed by atoms with Crippen LogP contribution in [-0.4, -0.2) is 50.6 Å². The molecule has 8 heteroatoms. The number of amides is 2. The fraction of sp³-hybridized carbons (Fsp3) is 0.538. The molecule has 6 nitrogen and oxygen atoms in total. The van der Waals surface area contributed by atoms with Crippen LogP contribution in [-0.2, 0) is 21.6 Å². The van der Waals surface area contributed by atoms with Gasteiger partial charge in [0, 0.05) is 42.0 Å². The summed E-state index contributed by atoms with van der Waals surface area (Å²) < 4.78 is 17.0. The van der Waals surface area contributed by atoms with Gasteiger partial charge in [0.05, 0.1) is 5.02 Å². The van der Waals surface area contributed by atoms with E-state index in [0.717, 1.165) is 6.42 Å². The van der Waals surface area contributed by atoms with Gasteiger partial charge in [-0.15, -0.1) is 0 Å². The van der Waals surface area contributed by atoms with Crippen molar-refractivity contribution in [1.82, 2.24) is 9.47 Å². The average molecular weight is 332 g/mol. The van der Waals surface area contributed by atoms with Gasteiger partial charge in [-0.05, 0) is 18.9 Å². The van der Waals surface area contributed by atoms with Gasteiger partial charge in [-0.3, -0.25) is 9.59 Å². The van der Waals surface area contributed by atoms with Crippen molar-refractivity contribution in [2.75, 3.05) is 19.1 Å². The van der Waals surface area contributed by atoms with Gasteiger partial charge in [0.2, 0.25) is 0 Å². The van der Waals surface area contributed by atoms with Crippen molar-refractivity contribution in [2.45, 2.75) is 18.9 Å². The molecular formula is C13H18ClN3O3S. The maximum absolute atomic E-state index is 12.5. The highest BCUT2D eigenvalue weighted by Gasteiger charge is 2.35. The highest BCUT2D eigenvalue weighted by molar-refractivity contribution is 7.92. The quantitative estimate of drug-likeness (QED) is 0.825. The van der Waals surface area contributed by atoms with Gasteiger partial charge >= 0.3 is 0 Å². The first-order chi connectivity index (χ1) is 9.69. The topological polar surface area (TPSA) is 71.7 Å². The molecule has 0 aromatic carbocycles. The first-order valence-corrected chi connectivity index (χ1v) is 9.24. The van der Waals surface area contributed by atoms with E-state index in [1.807, 2.05) is 0 Å². The molecule has 0 aliphatic carbocycles. The number of aromatic nitrogens is 1. The molecule has 2 rings (SSSR count). The molecule has 0 N–H and O–H groups in total. The molecule has 1 fully saturated rings. The predicted molar refractivity (Wildman–Crippen MR) is 81.9 cm³/mol. The minimum atomic E-state index is -2.52. The number of nitrogens with zero attached hydrogens (tertiary/aromatic N) is 3. The van der Waals surface area contributed by atoms with Crippen LogP contribution < -0.4 is 0 Å². The van der Waals surface area contributed by atoms with Crippen LogP contribution >= 0.6 is 11.6 Å². The molecule has 1 aromatic heterocycles. The van der Waals surface area contributed by atoms with E-state index in [1.54, 1.807) is 23.9 Å². The third-order valence-corrected chi connectivity index (χ3v) is 4.13. The molecule has 1 saturated heterocycles. The first kappa shape index (κ1) is 16.0. The summed E-state index contributed by atoms with van der Waals surface area (Å²) in [4.78, 5) is 26.2. The van der Waals surface area contributed by atoms with Crippen LogP contribution in [0.1, 0.15) is 23.3 Å². The van der Waals surface area contributed by atoms with Crippen LogP contribution in [0.3, 0.4) is 0 Å². The summed E-state index contributed by atoms with van der Waals surface area (Å²) in [7, 11) is -0.794. The lowest BCUT2D eigenvalue weighted by atomic mass is 10.2. The van der Waals surface area contributed by atoms with E-state index in [0.29, 0.717) is 23.7 Å². The molecule has 1 aliphatic rings. The zero-order chi connectivity index (χ0) is 15.8. The molecule has 0 spiro atoms. The van der Waals surface area contributed by atoms with Crippen molar-refractivity contribution in [3.8, 4) is 0 Å². The largest absolute Gasteiger partial charge is 0.345 e. The summed E-state index contributed by atoms with van der Waals surface area (Å²) in [5.74, 6) is -0.745. The Kier molecular flexibility index (Phi) is 4.43. The number of carbonyl (C=O) groups excluding carboxylic acids is 2.